The van der Waals surface area contributed by atoms with Crippen LogP contribution >= 0.6 is 0 Å². The van der Waals surface area contributed by atoms with Gasteiger partial charge >= 0.3 is 0 Å². The number of rotatable bonds is 5. The average Bonchev–Trinajstić information content (AvgIpc) is 2.52. The minimum absolute atomic E-state index is 0.0825. The van der Waals surface area contributed by atoms with Crippen molar-refractivity contribution in [3.05, 3.63) is 60.6 Å². The van der Waals surface area contributed by atoms with E-state index in [0.29, 0.717) is 5.70 Å². The van der Waals surface area contributed by atoms with Crippen LogP contribution in [0, 0.1) is 0 Å². The number of hydrogen-bond acceptors (Lipinski definition) is 5. The molecule has 0 bridgehead atoms. The molecular weight excluding hydrogens is 266 g/mol. The highest BCUT2D eigenvalue weighted by molar-refractivity contribution is 6.04. The summed E-state index contributed by atoms with van der Waals surface area (Å²) in [4.78, 5) is 13.9. The van der Waals surface area contributed by atoms with Crippen molar-refractivity contribution in [1.29, 1.82) is 0 Å². The molecule has 5 heteroatoms. The zero-order chi connectivity index (χ0) is 15.2. The molecule has 1 heterocycles. The number of anilines is 1. The summed E-state index contributed by atoms with van der Waals surface area (Å²) in [5.41, 5.74) is 4.48. The second kappa shape index (κ2) is 6.65. The number of methoxy groups -OCH3 is 1. The van der Waals surface area contributed by atoms with Crippen LogP contribution in [0.1, 0.15) is 0 Å². The molecule has 1 aromatic rings. The minimum Gasteiger partial charge on any atom is -0.497 e. The molecule has 0 spiro atoms. The summed E-state index contributed by atoms with van der Waals surface area (Å²) < 4.78 is 5.21. The van der Waals surface area contributed by atoms with E-state index in [1.54, 1.807) is 24.4 Å². The molecule has 0 aliphatic carbocycles. The maximum Gasteiger partial charge on any atom is 0.204 e. The van der Waals surface area contributed by atoms with Gasteiger partial charge in [-0.05, 0) is 24.3 Å². The summed E-state index contributed by atoms with van der Waals surface area (Å²) in [6, 6.07) is 7.59. The van der Waals surface area contributed by atoms with Crippen molar-refractivity contribution in [2.45, 2.75) is 0 Å². The molecule has 0 saturated carbocycles. The molecule has 0 radical (unpaired) electrons. The number of hydrazine groups is 1. The van der Waals surface area contributed by atoms with Crippen LogP contribution in [0.25, 0.3) is 0 Å². The fraction of sp³-hybridized carbons (Fsp3) is 0.188. The van der Waals surface area contributed by atoms with Crippen molar-refractivity contribution in [3.63, 3.8) is 0 Å². The monoisotopic (exact) mass is 285 g/mol. The van der Waals surface area contributed by atoms with Gasteiger partial charge in [0.25, 0.3) is 0 Å². The molecule has 0 aromatic heterocycles. The first-order chi connectivity index (χ1) is 10.1. The largest absolute Gasteiger partial charge is 0.497 e. The van der Waals surface area contributed by atoms with Gasteiger partial charge in [-0.15, -0.1) is 0 Å². The van der Waals surface area contributed by atoms with E-state index in [9.17, 15) is 4.79 Å². The summed E-state index contributed by atoms with van der Waals surface area (Å²) >= 11 is 0. The molecule has 1 aliphatic rings. The van der Waals surface area contributed by atoms with E-state index in [0.717, 1.165) is 11.4 Å². The Morgan fingerprint density at radius 3 is 2.90 bits per heavy atom. The first kappa shape index (κ1) is 14.7. The molecule has 0 atom stereocenters. The van der Waals surface area contributed by atoms with Gasteiger partial charge in [0, 0.05) is 38.6 Å². The molecular formula is C16H19N3O2. The lowest BCUT2D eigenvalue weighted by Crippen LogP contribution is -2.37. The molecule has 5 nitrogen and oxygen atoms in total. The van der Waals surface area contributed by atoms with E-state index < -0.39 is 0 Å². The predicted octanol–water partition coefficient (Wildman–Crippen LogP) is 2.06. The zero-order valence-electron chi connectivity index (χ0n) is 12.4. The zero-order valence-corrected chi connectivity index (χ0v) is 12.4. The lowest BCUT2D eigenvalue weighted by molar-refractivity contribution is -0.111. The van der Waals surface area contributed by atoms with E-state index in [4.69, 9.17) is 4.74 Å². The molecule has 2 rings (SSSR count). The van der Waals surface area contributed by atoms with Crippen molar-refractivity contribution in [2.75, 3.05) is 26.2 Å². The van der Waals surface area contributed by atoms with E-state index in [1.165, 1.54) is 6.08 Å². The van der Waals surface area contributed by atoms with E-state index in [2.05, 4.69) is 5.43 Å². The van der Waals surface area contributed by atoms with Gasteiger partial charge < -0.3 is 9.64 Å². The van der Waals surface area contributed by atoms with Gasteiger partial charge in [-0.2, -0.15) is 0 Å². The topological polar surface area (TPSA) is 44.8 Å². The Balaban J connectivity index is 2.12. The predicted molar refractivity (Wildman–Crippen MR) is 83.7 cm³/mol. The lowest BCUT2D eigenvalue weighted by atomic mass is 10.2. The van der Waals surface area contributed by atoms with Crippen molar-refractivity contribution in [2.24, 2.45) is 0 Å². The minimum atomic E-state index is -0.0825. The van der Waals surface area contributed by atoms with Crippen LogP contribution in [0.15, 0.2) is 60.6 Å². The first-order valence-electron chi connectivity index (χ1n) is 6.57. The molecule has 0 amide bonds. The number of carbonyl (C=O) groups is 1. The fourth-order valence-electron chi connectivity index (χ4n) is 1.78. The van der Waals surface area contributed by atoms with E-state index >= 15 is 0 Å². The SMILES string of the molecule is COc1cccc(N2C=CC=C(C(=O)/C=C/N(C)C)N2)c1. The number of hydrogen-bond donors (Lipinski definition) is 1. The highest BCUT2D eigenvalue weighted by Crippen LogP contribution is 2.21. The van der Waals surface area contributed by atoms with Crippen LogP contribution in [0.5, 0.6) is 5.75 Å². The number of ether oxygens (including phenoxy) is 1. The Hall–Kier alpha value is -2.69. The highest BCUT2D eigenvalue weighted by atomic mass is 16.5. The Morgan fingerprint density at radius 2 is 2.19 bits per heavy atom. The molecule has 1 aromatic carbocycles. The summed E-state index contributed by atoms with van der Waals surface area (Å²) in [5.74, 6) is 0.679. The van der Waals surface area contributed by atoms with Crippen LogP contribution < -0.4 is 15.2 Å². The third kappa shape index (κ3) is 3.89. The standard InChI is InChI=1S/C16H19N3O2/c1-18(2)11-9-16(20)15-8-5-10-19(17-15)13-6-4-7-14(12-13)21-3/h4-12,17H,1-3H3/b11-9+. The second-order valence-electron chi connectivity index (χ2n) is 4.75. The normalized spacial score (nSPS) is 13.9. The van der Waals surface area contributed by atoms with Crippen LogP contribution in [0.2, 0.25) is 0 Å². The highest BCUT2D eigenvalue weighted by Gasteiger charge is 2.13. The number of benzene rings is 1. The summed E-state index contributed by atoms with van der Waals surface area (Å²) in [6.45, 7) is 0. The molecule has 110 valence electrons. The van der Waals surface area contributed by atoms with Crippen LogP contribution in [-0.2, 0) is 4.79 Å². The van der Waals surface area contributed by atoms with E-state index in [1.807, 2.05) is 55.5 Å². The average molecular weight is 285 g/mol. The molecule has 21 heavy (non-hydrogen) atoms. The van der Waals surface area contributed by atoms with E-state index in [-0.39, 0.29) is 5.78 Å². The molecule has 1 N–H and O–H groups in total. The Morgan fingerprint density at radius 1 is 1.38 bits per heavy atom. The number of ketones is 1. The summed E-state index contributed by atoms with van der Waals surface area (Å²) in [6.07, 6.45) is 8.67. The third-order valence-corrected chi connectivity index (χ3v) is 2.86. The number of nitrogens with zero attached hydrogens (tertiary/aromatic N) is 2. The van der Waals surface area contributed by atoms with Gasteiger partial charge in [0.2, 0.25) is 5.78 Å². The number of carbonyl (C=O) groups excluding carboxylic acids is 1. The third-order valence-electron chi connectivity index (χ3n) is 2.86. The molecule has 0 fully saturated rings. The van der Waals surface area contributed by atoms with Crippen LogP contribution in [0.4, 0.5) is 5.69 Å². The molecule has 0 saturated heterocycles. The number of allylic oxidation sites excluding steroid dienone is 3. The summed E-state index contributed by atoms with van der Waals surface area (Å²) in [7, 11) is 5.36. The quantitative estimate of drug-likeness (QED) is 0.839. The van der Waals surface area contributed by atoms with Gasteiger partial charge in [0.05, 0.1) is 12.8 Å². The fourth-order valence-corrected chi connectivity index (χ4v) is 1.78. The Kier molecular flexibility index (Phi) is 4.66. The van der Waals surface area contributed by atoms with Gasteiger partial charge in [0.15, 0.2) is 0 Å². The second-order valence-corrected chi connectivity index (χ2v) is 4.75. The van der Waals surface area contributed by atoms with Gasteiger partial charge in [-0.3, -0.25) is 15.2 Å². The summed E-state index contributed by atoms with van der Waals surface area (Å²) in [5, 5.41) is 1.78. The van der Waals surface area contributed by atoms with Crippen molar-refractivity contribution in [3.8, 4) is 5.75 Å². The van der Waals surface area contributed by atoms with Crippen molar-refractivity contribution in [1.82, 2.24) is 10.3 Å². The van der Waals surface area contributed by atoms with Crippen LogP contribution in [0.3, 0.4) is 0 Å². The maximum atomic E-state index is 12.1. The van der Waals surface area contributed by atoms with Gasteiger partial charge in [-0.25, -0.2) is 0 Å². The Labute approximate surface area is 124 Å². The van der Waals surface area contributed by atoms with Crippen LogP contribution in [-0.4, -0.2) is 31.9 Å². The van der Waals surface area contributed by atoms with Gasteiger partial charge in [-0.1, -0.05) is 6.07 Å². The first-order valence-corrected chi connectivity index (χ1v) is 6.57. The lowest BCUT2D eigenvalue weighted by Gasteiger charge is -2.26. The smallest absolute Gasteiger partial charge is 0.204 e. The van der Waals surface area contributed by atoms with Crippen molar-refractivity contribution < 1.29 is 9.53 Å². The molecule has 0 unspecified atom stereocenters. The van der Waals surface area contributed by atoms with Gasteiger partial charge in [0.1, 0.15) is 11.4 Å². The molecule has 1 aliphatic heterocycles. The Bertz CT molecular complexity index is 603. The van der Waals surface area contributed by atoms with Crippen molar-refractivity contribution >= 4 is 11.5 Å². The maximum absolute atomic E-state index is 12.1. The number of nitrogens with one attached hydrogen (secondary N) is 1.